The van der Waals surface area contributed by atoms with Crippen LogP contribution in [0.1, 0.15) is 19.8 Å². The van der Waals surface area contributed by atoms with E-state index in [1.807, 2.05) is 6.92 Å². The Hall–Kier alpha value is -1.55. The predicted octanol–water partition coefficient (Wildman–Crippen LogP) is 1.46. The minimum atomic E-state index is -0.130. The first-order valence-corrected chi connectivity index (χ1v) is 4.96. The van der Waals surface area contributed by atoms with Crippen LogP contribution < -0.4 is 11.1 Å². The third-order valence-electron chi connectivity index (χ3n) is 2.10. The Labute approximate surface area is 89.1 Å². The zero-order valence-corrected chi connectivity index (χ0v) is 8.73. The molecule has 1 amide bonds. The standard InChI is InChI=1S/C11H16N2O2/c1-2-8(12)6-11(15)13-9-4-3-5-10(14)7-9/h3-5,7-8,14H,2,6,12H2,1H3,(H,13,15). The summed E-state index contributed by atoms with van der Waals surface area (Å²) >= 11 is 0. The second-order valence-corrected chi connectivity index (χ2v) is 3.47. The SMILES string of the molecule is CCC(N)CC(=O)Nc1cccc(O)c1. The van der Waals surface area contributed by atoms with Crippen LogP contribution in [0.2, 0.25) is 0 Å². The van der Waals surface area contributed by atoms with Gasteiger partial charge >= 0.3 is 0 Å². The zero-order chi connectivity index (χ0) is 11.3. The number of aromatic hydroxyl groups is 1. The number of benzene rings is 1. The van der Waals surface area contributed by atoms with Crippen molar-refractivity contribution in [1.29, 1.82) is 0 Å². The van der Waals surface area contributed by atoms with E-state index in [1.54, 1.807) is 18.2 Å². The quantitative estimate of drug-likeness (QED) is 0.701. The Balaban J connectivity index is 2.51. The Morgan fingerprint density at radius 2 is 2.33 bits per heavy atom. The lowest BCUT2D eigenvalue weighted by atomic mass is 10.1. The number of hydrogen-bond donors (Lipinski definition) is 3. The Bertz CT molecular complexity index is 339. The largest absolute Gasteiger partial charge is 0.508 e. The summed E-state index contributed by atoms with van der Waals surface area (Å²) in [7, 11) is 0. The summed E-state index contributed by atoms with van der Waals surface area (Å²) in [6, 6.07) is 6.32. The molecule has 4 nitrogen and oxygen atoms in total. The fourth-order valence-electron chi connectivity index (χ4n) is 1.18. The van der Waals surface area contributed by atoms with E-state index in [0.717, 1.165) is 6.42 Å². The van der Waals surface area contributed by atoms with E-state index < -0.39 is 0 Å². The molecule has 1 atom stereocenters. The van der Waals surface area contributed by atoms with Gasteiger partial charge in [0.1, 0.15) is 5.75 Å². The lowest BCUT2D eigenvalue weighted by Crippen LogP contribution is -2.26. The van der Waals surface area contributed by atoms with Gasteiger partial charge in [0.2, 0.25) is 5.91 Å². The lowest BCUT2D eigenvalue weighted by molar-refractivity contribution is -0.116. The van der Waals surface area contributed by atoms with Crippen molar-refractivity contribution in [2.75, 3.05) is 5.32 Å². The molecular formula is C11H16N2O2. The minimum Gasteiger partial charge on any atom is -0.508 e. The normalized spacial score (nSPS) is 12.1. The monoisotopic (exact) mass is 208 g/mol. The molecule has 0 heterocycles. The number of nitrogens with two attached hydrogens (primary N) is 1. The summed E-state index contributed by atoms with van der Waals surface area (Å²) in [5.74, 6) is 0.00235. The van der Waals surface area contributed by atoms with E-state index in [0.29, 0.717) is 12.1 Å². The smallest absolute Gasteiger partial charge is 0.225 e. The molecule has 0 fully saturated rings. The van der Waals surface area contributed by atoms with Crippen LogP contribution in [0.3, 0.4) is 0 Å². The number of rotatable bonds is 4. The molecule has 1 aromatic carbocycles. The molecule has 0 bridgehead atoms. The van der Waals surface area contributed by atoms with Crippen molar-refractivity contribution in [3.8, 4) is 5.75 Å². The van der Waals surface area contributed by atoms with Gasteiger partial charge in [0, 0.05) is 24.2 Å². The van der Waals surface area contributed by atoms with Gasteiger partial charge in [-0.25, -0.2) is 0 Å². The summed E-state index contributed by atoms with van der Waals surface area (Å²) in [4.78, 5) is 11.4. The van der Waals surface area contributed by atoms with Crippen LogP contribution >= 0.6 is 0 Å². The van der Waals surface area contributed by atoms with Crippen LogP contribution in [0.4, 0.5) is 5.69 Å². The number of anilines is 1. The van der Waals surface area contributed by atoms with Gasteiger partial charge in [-0.3, -0.25) is 4.79 Å². The van der Waals surface area contributed by atoms with Gasteiger partial charge in [0.25, 0.3) is 0 Å². The number of nitrogens with one attached hydrogen (secondary N) is 1. The molecule has 1 unspecified atom stereocenters. The average molecular weight is 208 g/mol. The first kappa shape index (κ1) is 11.5. The Morgan fingerprint density at radius 3 is 2.93 bits per heavy atom. The topological polar surface area (TPSA) is 75.4 Å². The van der Waals surface area contributed by atoms with E-state index in [4.69, 9.17) is 5.73 Å². The maximum absolute atomic E-state index is 11.4. The summed E-state index contributed by atoms with van der Waals surface area (Å²) in [5, 5.41) is 11.8. The molecule has 0 aliphatic rings. The summed E-state index contributed by atoms with van der Waals surface area (Å²) < 4.78 is 0. The maximum atomic E-state index is 11.4. The maximum Gasteiger partial charge on any atom is 0.225 e. The third-order valence-corrected chi connectivity index (χ3v) is 2.10. The molecule has 15 heavy (non-hydrogen) atoms. The fourth-order valence-corrected chi connectivity index (χ4v) is 1.18. The molecule has 0 radical (unpaired) electrons. The zero-order valence-electron chi connectivity index (χ0n) is 8.73. The molecule has 4 N–H and O–H groups in total. The molecular weight excluding hydrogens is 192 g/mol. The molecule has 1 rings (SSSR count). The van der Waals surface area contributed by atoms with Gasteiger partial charge in [-0.15, -0.1) is 0 Å². The van der Waals surface area contributed by atoms with Crippen LogP contribution in [0.25, 0.3) is 0 Å². The van der Waals surface area contributed by atoms with Gasteiger partial charge in [0.15, 0.2) is 0 Å². The van der Waals surface area contributed by atoms with Gasteiger partial charge in [-0.05, 0) is 18.6 Å². The predicted molar refractivity (Wildman–Crippen MR) is 59.6 cm³/mol. The van der Waals surface area contributed by atoms with Crippen LogP contribution in [0, 0.1) is 0 Å². The highest BCUT2D eigenvalue weighted by atomic mass is 16.3. The second-order valence-electron chi connectivity index (χ2n) is 3.47. The van der Waals surface area contributed by atoms with E-state index >= 15 is 0 Å². The van der Waals surface area contributed by atoms with Gasteiger partial charge < -0.3 is 16.2 Å². The Morgan fingerprint density at radius 1 is 1.60 bits per heavy atom. The average Bonchev–Trinajstić information content (AvgIpc) is 2.17. The number of hydrogen-bond acceptors (Lipinski definition) is 3. The first-order chi connectivity index (χ1) is 7.11. The molecule has 1 aromatic rings. The molecule has 0 aliphatic carbocycles. The van der Waals surface area contributed by atoms with Gasteiger partial charge in [0.05, 0.1) is 0 Å². The van der Waals surface area contributed by atoms with Gasteiger partial charge in [-0.1, -0.05) is 13.0 Å². The van der Waals surface area contributed by atoms with Crippen LogP contribution in [-0.2, 0) is 4.79 Å². The summed E-state index contributed by atoms with van der Waals surface area (Å²) in [6.45, 7) is 1.94. The minimum absolute atomic E-state index is 0.109. The molecule has 0 aromatic heterocycles. The number of carbonyl (C=O) groups excluding carboxylic acids is 1. The summed E-state index contributed by atoms with van der Waals surface area (Å²) in [5.41, 5.74) is 6.23. The molecule has 0 aliphatic heterocycles. The van der Waals surface area contributed by atoms with Crippen molar-refractivity contribution in [2.24, 2.45) is 5.73 Å². The van der Waals surface area contributed by atoms with Crippen molar-refractivity contribution in [3.05, 3.63) is 24.3 Å². The number of phenolic OH excluding ortho intramolecular Hbond substituents is 1. The molecule has 0 spiro atoms. The van der Waals surface area contributed by atoms with Crippen molar-refractivity contribution in [3.63, 3.8) is 0 Å². The molecule has 82 valence electrons. The molecule has 0 saturated carbocycles. The third kappa shape index (κ3) is 3.99. The highest BCUT2D eigenvalue weighted by Crippen LogP contribution is 2.15. The second kappa shape index (κ2) is 5.36. The number of carbonyl (C=O) groups is 1. The fraction of sp³-hybridized carbons (Fsp3) is 0.364. The number of amides is 1. The van der Waals surface area contributed by atoms with Crippen molar-refractivity contribution in [1.82, 2.24) is 0 Å². The van der Waals surface area contributed by atoms with Crippen LogP contribution in [-0.4, -0.2) is 17.1 Å². The van der Waals surface area contributed by atoms with E-state index in [-0.39, 0.29) is 17.7 Å². The highest BCUT2D eigenvalue weighted by molar-refractivity contribution is 5.91. The van der Waals surface area contributed by atoms with Crippen molar-refractivity contribution < 1.29 is 9.90 Å². The lowest BCUT2D eigenvalue weighted by Gasteiger charge is -2.09. The summed E-state index contributed by atoms with van der Waals surface area (Å²) in [6.07, 6.45) is 1.07. The highest BCUT2D eigenvalue weighted by Gasteiger charge is 2.07. The Kier molecular flexibility index (Phi) is 4.12. The molecule has 4 heteroatoms. The first-order valence-electron chi connectivity index (χ1n) is 4.96. The van der Waals surface area contributed by atoms with Crippen molar-refractivity contribution in [2.45, 2.75) is 25.8 Å². The van der Waals surface area contributed by atoms with E-state index in [9.17, 15) is 9.90 Å². The van der Waals surface area contributed by atoms with Crippen molar-refractivity contribution >= 4 is 11.6 Å². The van der Waals surface area contributed by atoms with Crippen LogP contribution in [0.15, 0.2) is 24.3 Å². The number of phenols is 1. The molecule has 0 saturated heterocycles. The van der Waals surface area contributed by atoms with Crippen LogP contribution in [0.5, 0.6) is 5.75 Å². The van der Waals surface area contributed by atoms with E-state index in [1.165, 1.54) is 6.07 Å². The van der Waals surface area contributed by atoms with E-state index in [2.05, 4.69) is 5.32 Å². The van der Waals surface area contributed by atoms with Gasteiger partial charge in [-0.2, -0.15) is 0 Å².